The largest absolute Gasteiger partial charge is 0.497 e. The predicted molar refractivity (Wildman–Crippen MR) is 109 cm³/mol. The highest BCUT2D eigenvalue weighted by atomic mass is 32.1. The molecule has 144 valence electrons. The van der Waals surface area contributed by atoms with Crippen molar-refractivity contribution in [2.45, 2.75) is 6.42 Å². The first kappa shape index (κ1) is 20.7. The summed E-state index contributed by atoms with van der Waals surface area (Å²) >= 11 is 1.50. The third kappa shape index (κ3) is 6.88. The van der Waals surface area contributed by atoms with Crippen LogP contribution < -0.4 is 15.4 Å². The summed E-state index contributed by atoms with van der Waals surface area (Å²) in [5, 5.41) is 7.51. The Labute approximate surface area is 163 Å². The Kier molecular flexibility index (Phi) is 8.03. The van der Waals surface area contributed by atoms with Crippen LogP contribution in [0.25, 0.3) is 6.08 Å². The second-order valence-corrected chi connectivity index (χ2v) is 7.15. The van der Waals surface area contributed by atoms with Crippen molar-refractivity contribution in [3.8, 4) is 5.75 Å². The van der Waals surface area contributed by atoms with Gasteiger partial charge < -0.3 is 20.3 Å². The monoisotopic (exact) mass is 387 g/mol. The molecule has 0 unspecified atom stereocenters. The number of rotatable bonds is 9. The summed E-state index contributed by atoms with van der Waals surface area (Å²) in [7, 11) is 5.54. The molecule has 0 atom stereocenters. The smallest absolute Gasteiger partial charge is 0.267 e. The van der Waals surface area contributed by atoms with Crippen LogP contribution in [0.2, 0.25) is 0 Å². The molecule has 0 spiro atoms. The minimum absolute atomic E-state index is 0.225. The van der Waals surface area contributed by atoms with Crippen LogP contribution in [0, 0.1) is 0 Å². The van der Waals surface area contributed by atoms with E-state index in [0.717, 1.165) is 17.8 Å². The van der Waals surface area contributed by atoms with E-state index in [1.807, 2.05) is 31.6 Å². The lowest BCUT2D eigenvalue weighted by Crippen LogP contribution is -2.35. The number of hydrogen-bond acceptors (Lipinski definition) is 5. The van der Waals surface area contributed by atoms with E-state index in [0.29, 0.717) is 17.9 Å². The SMILES string of the molecule is COc1ccc(C(=O)N/C(=C\c2cccs2)C(=O)NCCCN(C)C)cc1. The highest BCUT2D eigenvalue weighted by Crippen LogP contribution is 2.14. The topological polar surface area (TPSA) is 70.7 Å². The summed E-state index contributed by atoms with van der Waals surface area (Å²) in [5.41, 5.74) is 0.677. The molecule has 0 saturated carbocycles. The van der Waals surface area contributed by atoms with Gasteiger partial charge in [-0.2, -0.15) is 0 Å². The molecule has 1 aromatic carbocycles. The Bertz CT molecular complexity index is 768. The Hall–Kier alpha value is -2.64. The fourth-order valence-electron chi connectivity index (χ4n) is 2.30. The maximum Gasteiger partial charge on any atom is 0.267 e. The van der Waals surface area contributed by atoms with Crippen molar-refractivity contribution in [2.75, 3.05) is 34.3 Å². The van der Waals surface area contributed by atoms with Crippen LogP contribution in [0.5, 0.6) is 5.75 Å². The van der Waals surface area contributed by atoms with E-state index in [1.54, 1.807) is 37.5 Å². The molecule has 0 bridgehead atoms. The maximum atomic E-state index is 12.6. The molecular weight excluding hydrogens is 362 g/mol. The Morgan fingerprint density at radius 2 is 1.93 bits per heavy atom. The first-order valence-electron chi connectivity index (χ1n) is 8.63. The van der Waals surface area contributed by atoms with Gasteiger partial charge in [0.05, 0.1) is 7.11 Å². The zero-order valence-electron chi connectivity index (χ0n) is 15.8. The molecular formula is C20H25N3O3S. The number of thiophene rings is 1. The lowest BCUT2D eigenvalue weighted by atomic mass is 10.2. The molecule has 2 rings (SSSR count). The van der Waals surface area contributed by atoms with Gasteiger partial charge in [-0.1, -0.05) is 6.07 Å². The summed E-state index contributed by atoms with van der Waals surface area (Å²) in [4.78, 5) is 28.0. The highest BCUT2D eigenvalue weighted by molar-refractivity contribution is 7.10. The average Bonchev–Trinajstić information content (AvgIpc) is 3.17. The van der Waals surface area contributed by atoms with Crippen molar-refractivity contribution in [3.05, 3.63) is 57.9 Å². The van der Waals surface area contributed by atoms with E-state index < -0.39 is 0 Å². The number of benzene rings is 1. The molecule has 0 fully saturated rings. The van der Waals surface area contributed by atoms with E-state index >= 15 is 0 Å². The fraction of sp³-hybridized carbons (Fsp3) is 0.300. The van der Waals surface area contributed by atoms with Gasteiger partial charge in [-0.05, 0) is 68.8 Å². The summed E-state index contributed by atoms with van der Waals surface area (Å²) in [6.07, 6.45) is 2.52. The molecule has 2 amide bonds. The van der Waals surface area contributed by atoms with E-state index in [2.05, 4.69) is 15.5 Å². The minimum atomic E-state index is -0.344. The summed E-state index contributed by atoms with van der Waals surface area (Å²) < 4.78 is 5.10. The van der Waals surface area contributed by atoms with Crippen LogP contribution in [0.15, 0.2) is 47.5 Å². The van der Waals surface area contributed by atoms with E-state index in [-0.39, 0.29) is 17.5 Å². The predicted octanol–water partition coefficient (Wildman–Crippen LogP) is 2.60. The molecule has 6 nitrogen and oxygen atoms in total. The van der Waals surface area contributed by atoms with Gasteiger partial charge in [0.1, 0.15) is 11.4 Å². The summed E-state index contributed by atoms with van der Waals surface area (Å²) in [6.45, 7) is 1.42. The molecule has 1 aromatic heterocycles. The second-order valence-electron chi connectivity index (χ2n) is 6.17. The molecule has 7 heteroatoms. The van der Waals surface area contributed by atoms with E-state index in [9.17, 15) is 9.59 Å². The molecule has 0 radical (unpaired) electrons. The van der Waals surface area contributed by atoms with E-state index in [1.165, 1.54) is 11.3 Å². The molecule has 0 aliphatic heterocycles. The van der Waals surface area contributed by atoms with Gasteiger partial charge in [0.15, 0.2) is 0 Å². The van der Waals surface area contributed by atoms with Crippen molar-refractivity contribution in [1.82, 2.24) is 15.5 Å². The molecule has 0 aliphatic rings. The molecule has 27 heavy (non-hydrogen) atoms. The second kappa shape index (κ2) is 10.5. The normalized spacial score (nSPS) is 11.3. The van der Waals surface area contributed by atoms with Gasteiger partial charge >= 0.3 is 0 Å². The summed E-state index contributed by atoms with van der Waals surface area (Å²) in [6, 6.07) is 10.5. The van der Waals surface area contributed by atoms with Crippen LogP contribution >= 0.6 is 11.3 Å². The first-order chi connectivity index (χ1) is 13.0. The highest BCUT2D eigenvalue weighted by Gasteiger charge is 2.15. The van der Waals surface area contributed by atoms with Crippen molar-refractivity contribution in [1.29, 1.82) is 0 Å². The fourth-order valence-corrected chi connectivity index (χ4v) is 2.96. The number of nitrogens with one attached hydrogen (secondary N) is 2. The third-order valence-electron chi connectivity index (χ3n) is 3.74. The quantitative estimate of drug-likeness (QED) is 0.513. The lowest BCUT2D eigenvalue weighted by Gasteiger charge is -2.12. The van der Waals surface area contributed by atoms with Crippen LogP contribution in [-0.4, -0.2) is 51.0 Å². The minimum Gasteiger partial charge on any atom is -0.497 e. The molecule has 2 aromatic rings. The average molecular weight is 388 g/mol. The van der Waals surface area contributed by atoms with Gasteiger partial charge in [-0.15, -0.1) is 11.3 Å². The number of amides is 2. The van der Waals surface area contributed by atoms with Crippen molar-refractivity contribution in [3.63, 3.8) is 0 Å². The number of methoxy groups -OCH3 is 1. The molecule has 1 heterocycles. The lowest BCUT2D eigenvalue weighted by molar-refractivity contribution is -0.117. The van der Waals surface area contributed by atoms with Crippen LogP contribution in [0.4, 0.5) is 0 Å². The number of hydrogen-bond donors (Lipinski definition) is 2. The number of ether oxygens (including phenoxy) is 1. The first-order valence-corrected chi connectivity index (χ1v) is 9.51. The molecule has 0 aliphatic carbocycles. The van der Waals surface area contributed by atoms with Gasteiger partial charge in [-0.3, -0.25) is 9.59 Å². The van der Waals surface area contributed by atoms with Crippen LogP contribution in [-0.2, 0) is 4.79 Å². The standard InChI is InChI=1S/C20H25N3O3S/c1-23(2)12-5-11-21-20(25)18(14-17-6-4-13-27-17)22-19(24)15-7-9-16(26-3)10-8-15/h4,6-10,13-14H,5,11-12H2,1-3H3,(H,21,25)(H,22,24)/b18-14-. The number of carbonyl (C=O) groups is 2. The van der Waals surface area contributed by atoms with Crippen molar-refractivity contribution < 1.29 is 14.3 Å². The van der Waals surface area contributed by atoms with Crippen LogP contribution in [0.3, 0.4) is 0 Å². The number of carbonyl (C=O) groups excluding carboxylic acids is 2. The zero-order chi connectivity index (χ0) is 19.6. The van der Waals surface area contributed by atoms with Gasteiger partial charge in [0, 0.05) is 17.0 Å². The Balaban J connectivity index is 2.07. The maximum absolute atomic E-state index is 12.6. The molecule has 2 N–H and O–H groups in total. The van der Waals surface area contributed by atoms with Gasteiger partial charge in [0.2, 0.25) is 0 Å². The van der Waals surface area contributed by atoms with E-state index in [4.69, 9.17) is 4.74 Å². The summed E-state index contributed by atoms with van der Waals surface area (Å²) in [5.74, 6) is 0.0208. The van der Waals surface area contributed by atoms with Gasteiger partial charge in [-0.25, -0.2) is 0 Å². The molecule has 0 saturated heterocycles. The van der Waals surface area contributed by atoms with Crippen molar-refractivity contribution >= 4 is 29.2 Å². The van der Waals surface area contributed by atoms with Crippen molar-refractivity contribution in [2.24, 2.45) is 0 Å². The van der Waals surface area contributed by atoms with Gasteiger partial charge in [0.25, 0.3) is 11.8 Å². The Morgan fingerprint density at radius 1 is 1.19 bits per heavy atom. The number of nitrogens with zero attached hydrogens (tertiary/aromatic N) is 1. The third-order valence-corrected chi connectivity index (χ3v) is 4.56. The van der Waals surface area contributed by atoms with Crippen LogP contribution in [0.1, 0.15) is 21.7 Å². The zero-order valence-corrected chi connectivity index (χ0v) is 16.6. The Morgan fingerprint density at radius 3 is 2.52 bits per heavy atom.